The van der Waals surface area contributed by atoms with Crippen molar-refractivity contribution in [3.8, 4) is 5.88 Å². The van der Waals surface area contributed by atoms with E-state index in [4.69, 9.17) is 9.26 Å². The highest BCUT2D eigenvalue weighted by Gasteiger charge is 2.20. The van der Waals surface area contributed by atoms with Gasteiger partial charge in [-0.3, -0.25) is 9.98 Å². The molecule has 0 radical (unpaired) electrons. The van der Waals surface area contributed by atoms with Crippen LogP contribution in [0.2, 0.25) is 0 Å². The smallest absolute Gasteiger partial charge is 0.259 e. The van der Waals surface area contributed by atoms with Gasteiger partial charge in [0.15, 0.2) is 11.5 Å². The van der Waals surface area contributed by atoms with Gasteiger partial charge in [-0.05, 0) is 44.2 Å². The number of aromatic nitrogens is 1. The Labute approximate surface area is 149 Å². The second kappa shape index (κ2) is 12.1. The molecule has 0 aliphatic heterocycles. The quantitative estimate of drug-likeness (QED) is 0.256. The molecule has 1 unspecified atom stereocenters. The molecule has 7 nitrogen and oxygen atoms in total. The molecule has 0 bridgehead atoms. The maximum atomic E-state index is 11.2. The Balaban J connectivity index is 2.58. The molecule has 1 atom stereocenters. The van der Waals surface area contributed by atoms with E-state index in [9.17, 15) is 4.79 Å². The van der Waals surface area contributed by atoms with Crippen molar-refractivity contribution < 1.29 is 14.1 Å². The average molecular weight is 348 g/mol. The van der Waals surface area contributed by atoms with Crippen molar-refractivity contribution in [3.63, 3.8) is 0 Å². The number of ether oxygens (including phenoxy) is 1. The Morgan fingerprint density at radius 2 is 2.24 bits per heavy atom. The first kappa shape index (κ1) is 20.8. The van der Waals surface area contributed by atoms with Gasteiger partial charge in [-0.15, -0.1) is 0 Å². The fraction of sp³-hybridized carbons (Fsp3) is 0.556. The third-order valence-electron chi connectivity index (χ3n) is 3.57. The van der Waals surface area contributed by atoms with Crippen LogP contribution in [0.15, 0.2) is 32.5 Å². The van der Waals surface area contributed by atoms with Crippen LogP contribution in [0.1, 0.15) is 44.8 Å². The van der Waals surface area contributed by atoms with E-state index in [2.05, 4.69) is 27.2 Å². The van der Waals surface area contributed by atoms with Crippen LogP contribution >= 0.6 is 0 Å². The van der Waals surface area contributed by atoms with Gasteiger partial charge in [0, 0.05) is 12.6 Å². The van der Waals surface area contributed by atoms with Crippen LogP contribution in [0.5, 0.6) is 5.88 Å². The highest BCUT2D eigenvalue weighted by atomic mass is 16.5. The fourth-order valence-electron chi connectivity index (χ4n) is 2.16. The summed E-state index contributed by atoms with van der Waals surface area (Å²) in [4.78, 5) is 19.2. The summed E-state index contributed by atoms with van der Waals surface area (Å²) in [5, 5.41) is 6.96. The van der Waals surface area contributed by atoms with E-state index in [0.29, 0.717) is 18.1 Å². The topological polar surface area (TPSA) is 89.1 Å². The third-order valence-corrected chi connectivity index (χ3v) is 3.57. The normalized spacial score (nSPS) is 13.4. The van der Waals surface area contributed by atoms with E-state index in [1.165, 1.54) is 6.20 Å². The second-order valence-electron chi connectivity index (χ2n) is 5.99. The number of carbonyl (C=O) groups excluding carboxylic acids is 1. The molecule has 0 saturated carbocycles. The first-order valence-electron chi connectivity index (χ1n) is 8.52. The Morgan fingerprint density at radius 1 is 1.44 bits per heavy atom. The summed E-state index contributed by atoms with van der Waals surface area (Å²) in [6.07, 6.45) is 7.17. The van der Waals surface area contributed by atoms with Gasteiger partial charge in [-0.2, -0.15) is 0 Å². The maximum Gasteiger partial charge on any atom is 0.259 e. The summed E-state index contributed by atoms with van der Waals surface area (Å²) < 4.78 is 10.8. The Morgan fingerprint density at radius 3 is 2.88 bits per heavy atom. The van der Waals surface area contributed by atoms with Gasteiger partial charge in [-0.1, -0.05) is 20.3 Å². The average Bonchev–Trinajstić information content (AvgIpc) is 3.02. The van der Waals surface area contributed by atoms with Gasteiger partial charge in [0.1, 0.15) is 6.29 Å². The summed E-state index contributed by atoms with van der Waals surface area (Å²) in [5.41, 5.74) is 0. The van der Waals surface area contributed by atoms with Crippen molar-refractivity contribution in [3.05, 3.63) is 23.8 Å². The van der Waals surface area contributed by atoms with Crippen molar-refractivity contribution in [2.24, 2.45) is 15.9 Å². The molecule has 25 heavy (non-hydrogen) atoms. The van der Waals surface area contributed by atoms with Gasteiger partial charge < -0.3 is 19.4 Å². The van der Waals surface area contributed by atoms with Crippen LogP contribution < -0.4 is 10.1 Å². The number of hydrogen-bond donors (Lipinski definition) is 1. The number of aliphatic imine (C=N–C) groups is 2. The van der Waals surface area contributed by atoms with Crippen molar-refractivity contribution in [1.82, 2.24) is 10.5 Å². The molecule has 1 heterocycles. The van der Waals surface area contributed by atoms with Crippen LogP contribution in [0, 0.1) is 5.92 Å². The zero-order chi connectivity index (χ0) is 18.5. The molecular formula is C18H28N4O3. The van der Waals surface area contributed by atoms with Gasteiger partial charge in [0.05, 0.1) is 18.3 Å². The number of unbranched alkanes of at least 4 members (excludes halogenated alkanes) is 2. The Hall–Kier alpha value is -2.28. The third kappa shape index (κ3) is 7.89. The van der Waals surface area contributed by atoms with Crippen LogP contribution in [-0.2, 0) is 4.79 Å². The molecule has 7 heteroatoms. The van der Waals surface area contributed by atoms with E-state index >= 15 is 0 Å². The van der Waals surface area contributed by atoms with E-state index in [1.807, 2.05) is 20.9 Å². The van der Waals surface area contributed by atoms with Crippen LogP contribution in [0.3, 0.4) is 0 Å². The summed E-state index contributed by atoms with van der Waals surface area (Å²) in [6.45, 7) is 9.04. The summed E-state index contributed by atoms with van der Waals surface area (Å²) in [7, 11) is 1.95. The van der Waals surface area contributed by atoms with Crippen LogP contribution in [0.4, 0.5) is 0 Å². The largest absolute Gasteiger partial charge is 0.433 e. The number of nitrogens with one attached hydrogen (secondary N) is 1. The van der Waals surface area contributed by atoms with E-state index in [-0.39, 0.29) is 17.7 Å². The predicted molar refractivity (Wildman–Crippen MR) is 99.5 cm³/mol. The standard InChI is InChI=1S/C18H28N4O3/c1-14(2)16(13-23)17-10-18(22-25-17)24-15(11-20-4)12-21-9-7-5-6-8-19-3/h10-14,16,19H,4-9H2,1-3H3/b15-11+,21-12?. The molecule has 1 rings (SSSR count). The number of allylic oxidation sites excluding steroid dienone is 1. The lowest BCUT2D eigenvalue weighted by Gasteiger charge is -2.08. The summed E-state index contributed by atoms with van der Waals surface area (Å²) in [5.74, 6) is 0.927. The monoisotopic (exact) mass is 348 g/mol. The van der Waals surface area contributed by atoms with Crippen LogP contribution in [-0.4, -0.2) is 44.5 Å². The van der Waals surface area contributed by atoms with Gasteiger partial charge in [0.2, 0.25) is 0 Å². The highest BCUT2D eigenvalue weighted by Crippen LogP contribution is 2.25. The van der Waals surface area contributed by atoms with E-state index in [1.54, 1.807) is 12.3 Å². The zero-order valence-corrected chi connectivity index (χ0v) is 15.3. The summed E-state index contributed by atoms with van der Waals surface area (Å²) >= 11 is 0. The zero-order valence-electron chi connectivity index (χ0n) is 15.3. The molecule has 1 aromatic rings. The number of rotatable bonds is 13. The second-order valence-corrected chi connectivity index (χ2v) is 5.99. The predicted octanol–water partition coefficient (Wildman–Crippen LogP) is 2.99. The van der Waals surface area contributed by atoms with E-state index < -0.39 is 0 Å². The molecule has 0 aliphatic carbocycles. The van der Waals surface area contributed by atoms with Crippen molar-refractivity contribution in [2.45, 2.75) is 39.0 Å². The number of aldehydes is 1. The first-order valence-corrected chi connectivity index (χ1v) is 8.52. The fourth-order valence-corrected chi connectivity index (χ4v) is 2.16. The summed E-state index contributed by atoms with van der Waals surface area (Å²) in [6, 6.07) is 1.61. The van der Waals surface area contributed by atoms with Gasteiger partial charge >= 0.3 is 0 Å². The number of carbonyl (C=O) groups is 1. The molecule has 0 spiro atoms. The van der Waals surface area contributed by atoms with Crippen molar-refractivity contribution in [1.29, 1.82) is 0 Å². The molecule has 138 valence electrons. The molecule has 0 amide bonds. The SMILES string of the molecule is C=N/C=C(\C=NCCCCCNC)Oc1cc(C(C=O)C(C)C)on1. The minimum atomic E-state index is -0.346. The Bertz CT molecular complexity index is 579. The maximum absolute atomic E-state index is 11.2. The van der Waals surface area contributed by atoms with E-state index in [0.717, 1.165) is 32.1 Å². The molecule has 0 aromatic carbocycles. The highest BCUT2D eigenvalue weighted by molar-refractivity contribution is 5.76. The van der Waals surface area contributed by atoms with Crippen molar-refractivity contribution >= 4 is 19.2 Å². The van der Waals surface area contributed by atoms with Crippen LogP contribution in [0.25, 0.3) is 0 Å². The lowest BCUT2D eigenvalue weighted by molar-refractivity contribution is -0.110. The minimum absolute atomic E-state index is 0.118. The molecule has 1 N–H and O–H groups in total. The lowest BCUT2D eigenvalue weighted by atomic mass is 9.95. The Kier molecular flexibility index (Phi) is 10.1. The molecule has 1 aromatic heterocycles. The number of nitrogens with zero attached hydrogens (tertiary/aromatic N) is 3. The van der Waals surface area contributed by atoms with Crippen molar-refractivity contribution in [2.75, 3.05) is 20.1 Å². The molecule has 0 aliphatic rings. The van der Waals surface area contributed by atoms with Gasteiger partial charge in [-0.25, -0.2) is 0 Å². The lowest BCUT2D eigenvalue weighted by Crippen LogP contribution is -2.07. The molecule has 0 saturated heterocycles. The number of hydrogen-bond acceptors (Lipinski definition) is 7. The first-order chi connectivity index (χ1) is 12.1. The minimum Gasteiger partial charge on any atom is -0.433 e. The van der Waals surface area contributed by atoms with Gasteiger partial charge in [0.25, 0.3) is 5.88 Å². The molecule has 0 fully saturated rings. The molecular weight excluding hydrogens is 320 g/mol.